The lowest BCUT2D eigenvalue weighted by molar-refractivity contribution is 0.631. The van der Waals surface area contributed by atoms with E-state index in [2.05, 4.69) is 36.5 Å². The van der Waals surface area contributed by atoms with E-state index in [0.717, 1.165) is 35.4 Å². The minimum absolute atomic E-state index is 0.651. The molecular formula is C17H16ClNO. The highest BCUT2D eigenvalue weighted by Crippen LogP contribution is 2.32. The summed E-state index contributed by atoms with van der Waals surface area (Å²) in [4.78, 5) is 0. The molecule has 3 heteroatoms. The van der Waals surface area contributed by atoms with Crippen LogP contribution in [0.5, 0.6) is 0 Å². The Balaban J connectivity index is 2.00. The number of fused-ring (bicyclic) bond motifs is 1. The van der Waals surface area contributed by atoms with Crippen molar-refractivity contribution in [2.45, 2.75) is 13.5 Å². The van der Waals surface area contributed by atoms with Gasteiger partial charge >= 0.3 is 0 Å². The molecule has 0 aliphatic heterocycles. The van der Waals surface area contributed by atoms with Crippen LogP contribution in [0.3, 0.4) is 0 Å². The van der Waals surface area contributed by atoms with Crippen LogP contribution in [-0.2, 0) is 6.54 Å². The molecule has 0 amide bonds. The predicted molar refractivity (Wildman–Crippen MR) is 84.0 cm³/mol. The van der Waals surface area contributed by atoms with Crippen molar-refractivity contribution in [1.29, 1.82) is 0 Å². The Bertz CT molecular complexity index is 733. The van der Waals surface area contributed by atoms with Crippen LogP contribution in [0.4, 0.5) is 0 Å². The van der Waals surface area contributed by atoms with Crippen molar-refractivity contribution in [2.75, 3.05) is 6.54 Å². The molecule has 102 valence electrons. The largest absolute Gasteiger partial charge is 0.455 e. The van der Waals surface area contributed by atoms with Crippen molar-refractivity contribution in [3.63, 3.8) is 0 Å². The van der Waals surface area contributed by atoms with Crippen LogP contribution in [0.15, 0.2) is 52.9 Å². The second-order valence-electron chi connectivity index (χ2n) is 4.75. The van der Waals surface area contributed by atoms with E-state index in [0.29, 0.717) is 5.02 Å². The van der Waals surface area contributed by atoms with Crippen LogP contribution >= 0.6 is 11.6 Å². The van der Waals surface area contributed by atoms with Crippen LogP contribution in [0.1, 0.15) is 12.5 Å². The topological polar surface area (TPSA) is 25.2 Å². The minimum Gasteiger partial charge on any atom is -0.455 e. The van der Waals surface area contributed by atoms with E-state index >= 15 is 0 Å². The van der Waals surface area contributed by atoms with Gasteiger partial charge in [0.05, 0.1) is 5.02 Å². The van der Waals surface area contributed by atoms with Gasteiger partial charge in [0.2, 0.25) is 0 Å². The first-order valence-corrected chi connectivity index (χ1v) is 7.14. The van der Waals surface area contributed by atoms with Gasteiger partial charge in [-0.2, -0.15) is 0 Å². The fraction of sp³-hybridized carbons (Fsp3) is 0.176. The van der Waals surface area contributed by atoms with Gasteiger partial charge in [-0.1, -0.05) is 48.9 Å². The molecule has 0 saturated heterocycles. The fourth-order valence-corrected chi connectivity index (χ4v) is 2.49. The molecule has 0 aliphatic rings. The maximum atomic E-state index is 6.15. The number of nitrogens with one attached hydrogen (secondary N) is 1. The van der Waals surface area contributed by atoms with Crippen LogP contribution in [-0.4, -0.2) is 6.54 Å². The van der Waals surface area contributed by atoms with Crippen molar-refractivity contribution in [2.24, 2.45) is 0 Å². The van der Waals surface area contributed by atoms with Gasteiger partial charge in [0.25, 0.3) is 0 Å². The third-order valence-electron chi connectivity index (χ3n) is 3.29. The SMILES string of the molecule is CCNCc1cccc(-c2cc3cccc(Cl)c3o2)c1. The van der Waals surface area contributed by atoms with Crippen molar-refractivity contribution in [3.8, 4) is 11.3 Å². The van der Waals surface area contributed by atoms with Gasteiger partial charge in [-0.25, -0.2) is 0 Å². The summed E-state index contributed by atoms with van der Waals surface area (Å²) in [6, 6.07) is 16.2. The molecule has 20 heavy (non-hydrogen) atoms. The fourth-order valence-electron chi connectivity index (χ4n) is 2.27. The average molecular weight is 286 g/mol. The van der Waals surface area contributed by atoms with Gasteiger partial charge in [0, 0.05) is 17.5 Å². The Morgan fingerprint density at radius 1 is 1.10 bits per heavy atom. The van der Waals surface area contributed by atoms with Crippen molar-refractivity contribution in [1.82, 2.24) is 5.32 Å². The van der Waals surface area contributed by atoms with Crippen molar-refractivity contribution in [3.05, 3.63) is 59.1 Å². The molecule has 3 rings (SSSR count). The Hall–Kier alpha value is -1.77. The summed E-state index contributed by atoms with van der Waals surface area (Å²) >= 11 is 6.15. The summed E-state index contributed by atoms with van der Waals surface area (Å²) in [5.74, 6) is 0.853. The highest BCUT2D eigenvalue weighted by atomic mass is 35.5. The summed E-state index contributed by atoms with van der Waals surface area (Å²) in [6.07, 6.45) is 0. The molecule has 0 atom stereocenters. The number of halogens is 1. The molecule has 0 radical (unpaired) electrons. The molecule has 0 spiro atoms. The van der Waals surface area contributed by atoms with Crippen LogP contribution in [0, 0.1) is 0 Å². The van der Waals surface area contributed by atoms with Gasteiger partial charge in [-0.15, -0.1) is 0 Å². The maximum absolute atomic E-state index is 6.15. The van der Waals surface area contributed by atoms with Crippen LogP contribution in [0.2, 0.25) is 5.02 Å². The summed E-state index contributed by atoms with van der Waals surface area (Å²) in [7, 11) is 0. The zero-order valence-corrected chi connectivity index (χ0v) is 12.1. The first-order chi connectivity index (χ1) is 9.78. The zero-order valence-electron chi connectivity index (χ0n) is 11.3. The van der Waals surface area contributed by atoms with Gasteiger partial charge in [0.1, 0.15) is 5.76 Å². The standard InChI is InChI=1S/C17H16ClNO/c1-2-19-11-12-5-3-6-13(9-12)16-10-14-7-4-8-15(18)17(14)20-16/h3-10,19H,2,11H2,1H3. The lowest BCUT2D eigenvalue weighted by Gasteiger charge is -2.03. The smallest absolute Gasteiger partial charge is 0.153 e. The van der Waals surface area contributed by atoms with Crippen molar-refractivity contribution < 1.29 is 4.42 Å². The number of hydrogen-bond acceptors (Lipinski definition) is 2. The molecule has 1 N–H and O–H groups in total. The van der Waals surface area contributed by atoms with E-state index in [-0.39, 0.29) is 0 Å². The molecular weight excluding hydrogens is 270 g/mol. The highest BCUT2D eigenvalue weighted by molar-refractivity contribution is 6.34. The van der Waals surface area contributed by atoms with E-state index in [4.69, 9.17) is 16.0 Å². The first kappa shape index (κ1) is 13.2. The number of benzene rings is 2. The predicted octanol–water partition coefficient (Wildman–Crippen LogP) is 4.86. The quantitative estimate of drug-likeness (QED) is 0.740. The number of furan rings is 1. The Labute approximate surface area is 123 Å². The normalized spacial score (nSPS) is 11.1. The third kappa shape index (κ3) is 2.58. The molecule has 2 aromatic carbocycles. The number of rotatable bonds is 4. The van der Waals surface area contributed by atoms with E-state index < -0.39 is 0 Å². The number of hydrogen-bond donors (Lipinski definition) is 1. The summed E-state index contributed by atoms with van der Waals surface area (Å²) in [5.41, 5.74) is 3.07. The maximum Gasteiger partial charge on any atom is 0.153 e. The summed E-state index contributed by atoms with van der Waals surface area (Å²) in [6.45, 7) is 3.93. The molecule has 1 aromatic heterocycles. The van der Waals surface area contributed by atoms with Gasteiger partial charge in [0.15, 0.2) is 5.58 Å². The highest BCUT2D eigenvalue weighted by Gasteiger charge is 2.09. The Morgan fingerprint density at radius 2 is 1.95 bits per heavy atom. The molecule has 0 bridgehead atoms. The molecule has 0 aliphatic carbocycles. The third-order valence-corrected chi connectivity index (χ3v) is 3.58. The molecule has 0 unspecified atom stereocenters. The monoisotopic (exact) mass is 285 g/mol. The van der Waals surface area contributed by atoms with E-state index in [1.54, 1.807) is 0 Å². The molecule has 0 fully saturated rings. The van der Waals surface area contributed by atoms with E-state index in [9.17, 15) is 0 Å². The lowest BCUT2D eigenvalue weighted by Crippen LogP contribution is -2.11. The zero-order chi connectivity index (χ0) is 13.9. The number of para-hydroxylation sites is 1. The average Bonchev–Trinajstić information content (AvgIpc) is 2.91. The van der Waals surface area contributed by atoms with Gasteiger partial charge in [-0.3, -0.25) is 0 Å². The van der Waals surface area contributed by atoms with Crippen LogP contribution in [0.25, 0.3) is 22.3 Å². The second kappa shape index (κ2) is 5.70. The first-order valence-electron chi connectivity index (χ1n) is 6.76. The van der Waals surface area contributed by atoms with Gasteiger partial charge < -0.3 is 9.73 Å². The van der Waals surface area contributed by atoms with Gasteiger partial charge in [-0.05, 0) is 30.3 Å². The molecule has 0 saturated carbocycles. The minimum atomic E-state index is 0.651. The Kier molecular flexibility index (Phi) is 3.77. The van der Waals surface area contributed by atoms with Crippen molar-refractivity contribution >= 4 is 22.6 Å². The molecule has 1 heterocycles. The molecule has 2 nitrogen and oxygen atoms in total. The Morgan fingerprint density at radius 3 is 2.75 bits per heavy atom. The molecule has 3 aromatic rings. The lowest BCUT2D eigenvalue weighted by atomic mass is 10.1. The van der Waals surface area contributed by atoms with E-state index in [1.807, 2.05) is 24.3 Å². The second-order valence-corrected chi connectivity index (χ2v) is 5.16. The van der Waals surface area contributed by atoms with Crippen LogP contribution < -0.4 is 5.32 Å². The van der Waals surface area contributed by atoms with E-state index in [1.165, 1.54) is 5.56 Å². The summed E-state index contributed by atoms with van der Waals surface area (Å²) < 4.78 is 5.89. The summed E-state index contributed by atoms with van der Waals surface area (Å²) in [5, 5.41) is 5.01.